The highest BCUT2D eigenvalue weighted by Gasteiger charge is 2.54. The standard InChI is InChI=1S/C22H29ClN6O2/c1-5-26(6-2)11-12-27-15(3)13-28-18-19(24-21(27)28)25(4)22(31)29(20(18)30)14-16-9-7-8-10-17(16)23/h7-10,13,18-19H,5-6,11-12,14H2,1-4H3. The van der Waals surface area contributed by atoms with Crippen molar-refractivity contribution in [2.75, 3.05) is 33.2 Å². The Kier molecular flexibility index (Phi) is 5.94. The second-order valence-electron chi connectivity index (χ2n) is 8.05. The van der Waals surface area contributed by atoms with Gasteiger partial charge in [0.1, 0.15) is 0 Å². The lowest BCUT2D eigenvalue weighted by molar-refractivity contribution is -0.137. The Balaban J connectivity index is 1.57. The summed E-state index contributed by atoms with van der Waals surface area (Å²) in [5.41, 5.74) is 1.79. The summed E-state index contributed by atoms with van der Waals surface area (Å²) in [5.74, 6) is 0.494. The number of benzene rings is 1. The largest absolute Gasteiger partial charge is 0.328 e. The van der Waals surface area contributed by atoms with Crippen molar-refractivity contribution < 1.29 is 9.59 Å². The zero-order valence-electron chi connectivity index (χ0n) is 18.5. The number of urea groups is 1. The van der Waals surface area contributed by atoms with Crippen molar-refractivity contribution in [2.24, 2.45) is 4.99 Å². The molecular weight excluding hydrogens is 416 g/mol. The van der Waals surface area contributed by atoms with Crippen LogP contribution >= 0.6 is 11.6 Å². The van der Waals surface area contributed by atoms with Crippen LogP contribution in [0.4, 0.5) is 4.79 Å². The molecule has 1 aromatic rings. The van der Waals surface area contributed by atoms with Crippen LogP contribution in [0.5, 0.6) is 0 Å². The van der Waals surface area contributed by atoms with E-state index in [1.54, 1.807) is 18.0 Å². The molecule has 0 aliphatic carbocycles. The quantitative estimate of drug-likeness (QED) is 0.647. The molecule has 0 bridgehead atoms. The third-order valence-electron chi connectivity index (χ3n) is 6.32. The molecule has 0 saturated carbocycles. The molecule has 3 amide bonds. The van der Waals surface area contributed by atoms with Gasteiger partial charge in [0, 0.05) is 37.1 Å². The minimum absolute atomic E-state index is 0.141. The molecule has 0 N–H and O–H groups in total. The molecular formula is C22H29ClN6O2. The van der Waals surface area contributed by atoms with Gasteiger partial charge in [-0.15, -0.1) is 0 Å². The molecule has 1 aromatic carbocycles. The molecule has 3 aliphatic heterocycles. The van der Waals surface area contributed by atoms with Gasteiger partial charge in [-0.1, -0.05) is 43.6 Å². The number of carbonyl (C=O) groups excluding carboxylic acids is 2. The molecule has 166 valence electrons. The monoisotopic (exact) mass is 444 g/mol. The van der Waals surface area contributed by atoms with Gasteiger partial charge in [0.05, 0.1) is 6.54 Å². The number of hydrogen-bond donors (Lipinski definition) is 0. The summed E-state index contributed by atoms with van der Waals surface area (Å²) in [7, 11) is 1.70. The fraction of sp³-hybridized carbons (Fsp3) is 0.500. The summed E-state index contributed by atoms with van der Waals surface area (Å²) in [6, 6.07) is 6.36. The van der Waals surface area contributed by atoms with Crippen molar-refractivity contribution in [1.82, 2.24) is 24.5 Å². The van der Waals surface area contributed by atoms with Gasteiger partial charge in [-0.25, -0.2) is 9.79 Å². The maximum Gasteiger partial charge on any atom is 0.328 e. The smallest absolute Gasteiger partial charge is 0.313 e. The number of carbonyl (C=O) groups is 2. The van der Waals surface area contributed by atoms with Crippen LogP contribution in [-0.4, -0.2) is 87.8 Å². The number of aliphatic imine (C=N–C) groups is 1. The van der Waals surface area contributed by atoms with Crippen molar-refractivity contribution in [3.63, 3.8) is 0 Å². The van der Waals surface area contributed by atoms with E-state index in [0.717, 1.165) is 43.4 Å². The van der Waals surface area contributed by atoms with Crippen LogP contribution in [0.1, 0.15) is 26.3 Å². The van der Waals surface area contributed by atoms with Gasteiger partial charge in [0.25, 0.3) is 5.91 Å². The van der Waals surface area contributed by atoms with Gasteiger partial charge in [0.2, 0.25) is 5.96 Å². The third-order valence-corrected chi connectivity index (χ3v) is 6.69. The zero-order chi connectivity index (χ0) is 22.3. The highest BCUT2D eigenvalue weighted by Crippen LogP contribution is 2.34. The topological polar surface area (TPSA) is 62.7 Å². The van der Waals surface area contributed by atoms with Crippen molar-refractivity contribution in [3.05, 3.63) is 46.7 Å². The van der Waals surface area contributed by atoms with E-state index < -0.39 is 12.2 Å². The lowest BCUT2D eigenvalue weighted by Gasteiger charge is -2.40. The van der Waals surface area contributed by atoms with Crippen LogP contribution in [0.25, 0.3) is 0 Å². The lowest BCUT2D eigenvalue weighted by Crippen LogP contribution is -2.63. The van der Waals surface area contributed by atoms with Crippen LogP contribution in [0, 0.1) is 0 Å². The van der Waals surface area contributed by atoms with Crippen LogP contribution in [0.3, 0.4) is 0 Å². The normalized spacial score (nSPS) is 22.9. The SMILES string of the molecule is CCN(CC)CCN1C(C)=CN2C1=NC1C2C(=O)N(Cc2ccccc2Cl)C(=O)N1C. The summed E-state index contributed by atoms with van der Waals surface area (Å²) in [6.07, 6.45) is 1.44. The highest BCUT2D eigenvalue weighted by atomic mass is 35.5. The van der Waals surface area contributed by atoms with E-state index in [2.05, 4.69) is 23.6 Å². The number of nitrogens with zero attached hydrogens (tertiary/aromatic N) is 6. The molecule has 2 unspecified atom stereocenters. The Hall–Kier alpha value is -2.58. The first kappa shape index (κ1) is 21.6. The van der Waals surface area contributed by atoms with Gasteiger partial charge in [0.15, 0.2) is 12.2 Å². The number of amides is 3. The number of allylic oxidation sites excluding steroid dienone is 1. The average Bonchev–Trinajstić information content (AvgIpc) is 3.27. The second-order valence-corrected chi connectivity index (χ2v) is 8.46. The van der Waals surface area contributed by atoms with E-state index in [0.29, 0.717) is 5.02 Å². The summed E-state index contributed by atoms with van der Waals surface area (Å²) in [6.45, 7) is 10.1. The Morgan fingerprint density at radius 1 is 1.13 bits per heavy atom. The van der Waals surface area contributed by atoms with Crippen LogP contribution in [-0.2, 0) is 11.3 Å². The second kappa shape index (κ2) is 8.51. The number of rotatable bonds is 7. The first-order valence-corrected chi connectivity index (χ1v) is 11.1. The minimum Gasteiger partial charge on any atom is -0.313 e. The fourth-order valence-electron chi connectivity index (χ4n) is 4.40. The van der Waals surface area contributed by atoms with E-state index >= 15 is 0 Å². The van der Waals surface area contributed by atoms with Gasteiger partial charge in [-0.3, -0.25) is 9.69 Å². The van der Waals surface area contributed by atoms with Crippen LogP contribution in [0.15, 0.2) is 41.2 Å². The number of fused-ring (bicyclic) bond motifs is 3. The summed E-state index contributed by atoms with van der Waals surface area (Å²) in [4.78, 5) is 40.5. The minimum atomic E-state index is -0.561. The Morgan fingerprint density at radius 3 is 2.52 bits per heavy atom. The summed E-state index contributed by atoms with van der Waals surface area (Å²) in [5, 5.41) is 0.538. The van der Waals surface area contributed by atoms with E-state index in [-0.39, 0.29) is 18.5 Å². The van der Waals surface area contributed by atoms with Crippen LogP contribution in [0.2, 0.25) is 5.02 Å². The zero-order valence-corrected chi connectivity index (χ0v) is 19.2. The summed E-state index contributed by atoms with van der Waals surface area (Å²) >= 11 is 6.28. The van der Waals surface area contributed by atoms with E-state index in [1.807, 2.05) is 36.2 Å². The number of halogens is 1. The maximum atomic E-state index is 13.5. The van der Waals surface area contributed by atoms with Gasteiger partial charge in [-0.05, 0) is 31.6 Å². The molecule has 2 atom stereocenters. The molecule has 4 rings (SSSR count). The number of imide groups is 1. The Bertz CT molecular complexity index is 944. The fourth-order valence-corrected chi connectivity index (χ4v) is 4.60. The molecule has 0 radical (unpaired) electrons. The average molecular weight is 445 g/mol. The first-order chi connectivity index (χ1) is 14.9. The predicted octanol–water partition coefficient (Wildman–Crippen LogP) is 2.62. The lowest BCUT2D eigenvalue weighted by atomic mass is 10.1. The molecule has 31 heavy (non-hydrogen) atoms. The Labute approximate surface area is 188 Å². The van der Waals surface area contributed by atoms with Gasteiger partial charge < -0.3 is 19.6 Å². The highest BCUT2D eigenvalue weighted by molar-refractivity contribution is 6.31. The van der Waals surface area contributed by atoms with Gasteiger partial charge >= 0.3 is 6.03 Å². The number of guanidine groups is 1. The van der Waals surface area contributed by atoms with E-state index in [4.69, 9.17) is 16.6 Å². The van der Waals surface area contributed by atoms with E-state index in [9.17, 15) is 9.59 Å². The molecule has 0 spiro atoms. The molecule has 9 heteroatoms. The van der Waals surface area contributed by atoms with Crippen LogP contribution < -0.4 is 0 Å². The maximum absolute atomic E-state index is 13.5. The molecule has 3 aliphatic rings. The molecule has 1 saturated heterocycles. The van der Waals surface area contributed by atoms with Crippen molar-refractivity contribution in [3.8, 4) is 0 Å². The molecule has 0 aromatic heterocycles. The van der Waals surface area contributed by atoms with Crippen molar-refractivity contribution in [2.45, 2.75) is 39.5 Å². The van der Waals surface area contributed by atoms with E-state index in [1.165, 1.54) is 4.90 Å². The Morgan fingerprint density at radius 2 is 1.84 bits per heavy atom. The number of hydrogen-bond acceptors (Lipinski definition) is 6. The number of likely N-dealkylation sites (N-methyl/N-ethyl adjacent to an activating group) is 2. The van der Waals surface area contributed by atoms with Gasteiger partial charge in [-0.2, -0.15) is 0 Å². The third kappa shape index (κ3) is 3.68. The predicted molar refractivity (Wildman–Crippen MR) is 120 cm³/mol. The summed E-state index contributed by atoms with van der Waals surface area (Å²) < 4.78 is 0. The van der Waals surface area contributed by atoms with Crippen molar-refractivity contribution >= 4 is 29.5 Å². The molecule has 3 heterocycles. The molecule has 8 nitrogen and oxygen atoms in total. The molecule has 1 fully saturated rings. The first-order valence-electron chi connectivity index (χ1n) is 10.7. The van der Waals surface area contributed by atoms with Crippen molar-refractivity contribution in [1.29, 1.82) is 0 Å².